The molecule has 0 unspecified atom stereocenters. The Labute approximate surface area is 186 Å². The number of methoxy groups -OCH3 is 1. The zero-order valence-electron chi connectivity index (χ0n) is 18.1. The molecule has 0 saturated carbocycles. The van der Waals surface area contributed by atoms with Gasteiger partial charge in [0.15, 0.2) is 0 Å². The molecule has 1 aromatic rings. The predicted octanol–water partition coefficient (Wildman–Crippen LogP) is 2.09. The molecular weight excluding hydrogens is 426 g/mol. The molecule has 30 heavy (non-hydrogen) atoms. The van der Waals surface area contributed by atoms with Gasteiger partial charge in [-0.25, -0.2) is 0 Å². The first-order valence-electron chi connectivity index (χ1n) is 9.75. The van der Waals surface area contributed by atoms with Crippen molar-refractivity contribution in [2.75, 3.05) is 39.4 Å². The molecule has 1 heterocycles. The number of nitrogens with zero attached hydrogens (tertiary/aromatic N) is 1. The van der Waals surface area contributed by atoms with Gasteiger partial charge in [0.25, 0.3) is 0 Å². The molecule has 0 radical (unpaired) electrons. The van der Waals surface area contributed by atoms with Gasteiger partial charge in [-0.05, 0) is 16.9 Å². The van der Waals surface area contributed by atoms with E-state index in [2.05, 4.69) is 5.32 Å². The van der Waals surface area contributed by atoms with Crippen LogP contribution in [0.1, 0.15) is 33.6 Å². The fourth-order valence-electron chi connectivity index (χ4n) is 2.73. The van der Waals surface area contributed by atoms with Crippen LogP contribution >= 0.6 is 23.1 Å². The lowest BCUT2D eigenvalue weighted by molar-refractivity contribution is -0.144. The van der Waals surface area contributed by atoms with Crippen LogP contribution in [0.25, 0.3) is 0 Å². The second-order valence-electron chi connectivity index (χ2n) is 7.70. The van der Waals surface area contributed by atoms with Crippen LogP contribution in [-0.4, -0.2) is 68.0 Å². The van der Waals surface area contributed by atoms with E-state index in [9.17, 15) is 14.4 Å². The molecule has 0 saturated heterocycles. The fourth-order valence-corrected chi connectivity index (χ4v) is 4.51. The average molecular weight is 460 g/mol. The average Bonchev–Trinajstić information content (AvgIpc) is 3.18. The van der Waals surface area contributed by atoms with Gasteiger partial charge in [-0.15, -0.1) is 11.3 Å². The molecule has 3 amide bonds. The number of ether oxygens (including phenoxy) is 2. The van der Waals surface area contributed by atoms with Crippen molar-refractivity contribution < 1.29 is 23.9 Å². The van der Waals surface area contributed by atoms with E-state index in [-0.39, 0.29) is 24.7 Å². The highest BCUT2D eigenvalue weighted by Gasteiger charge is 2.38. The number of hydrogen-bond acceptors (Lipinski definition) is 7. The van der Waals surface area contributed by atoms with Gasteiger partial charge in [0.1, 0.15) is 6.04 Å². The molecule has 0 aliphatic heterocycles. The van der Waals surface area contributed by atoms with E-state index < -0.39 is 17.4 Å². The molecule has 1 rings (SSSR count). The maximum Gasteiger partial charge on any atom is 0.243 e. The molecular formula is C20H33N3O5S2. The van der Waals surface area contributed by atoms with Crippen LogP contribution in [0.2, 0.25) is 0 Å². The second kappa shape index (κ2) is 13.6. The summed E-state index contributed by atoms with van der Waals surface area (Å²) in [5, 5.41) is 4.82. The van der Waals surface area contributed by atoms with Crippen molar-refractivity contribution in [3.63, 3.8) is 0 Å². The Morgan fingerprint density at radius 3 is 2.53 bits per heavy atom. The van der Waals surface area contributed by atoms with Crippen LogP contribution in [0.15, 0.2) is 21.7 Å². The van der Waals surface area contributed by atoms with Crippen molar-refractivity contribution in [1.82, 2.24) is 10.2 Å². The number of amides is 3. The van der Waals surface area contributed by atoms with Gasteiger partial charge in [-0.2, -0.15) is 0 Å². The third kappa shape index (κ3) is 9.92. The van der Waals surface area contributed by atoms with E-state index in [1.165, 1.54) is 11.8 Å². The number of carbonyl (C=O) groups excluding carboxylic acids is 3. The highest BCUT2D eigenvalue weighted by molar-refractivity contribution is 8.01. The zero-order chi connectivity index (χ0) is 22.6. The summed E-state index contributed by atoms with van der Waals surface area (Å²) in [6.07, 6.45) is -0.0782. The summed E-state index contributed by atoms with van der Waals surface area (Å²) < 4.78 is 11.3. The Balaban J connectivity index is 2.88. The van der Waals surface area contributed by atoms with Crippen molar-refractivity contribution >= 4 is 40.8 Å². The Morgan fingerprint density at radius 2 is 1.97 bits per heavy atom. The van der Waals surface area contributed by atoms with Gasteiger partial charge in [0.2, 0.25) is 17.7 Å². The molecule has 3 N–H and O–H groups in total. The van der Waals surface area contributed by atoms with E-state index in [1.54, 1.807) is 23.3 Å². The molecule has 0 aromatic carbocycles. The molecule has 10 heteroatoms. The molecule has 0 aliphatic rings. The molecule has 8 nitrogen and oxygen atoms in total. The van der Waals surface area contributed by atoms with Crippen LogP contribution in [0.3, 0.4) is 0 Å². The quantitative estimate of drug-likeness (QED) is 0.250. The first-order valence-corrected chi connectivity index (χ1v) is 11.6. The molecule has 0 bridgehead atoms. The highest BCUT2D eigenvalue weighted by Crippen LogP contribution is 2.30. The van der Waals surface area contributed by atoms with Crippen LogP contribution in [0, 0.1) is 5.41 Å². The maximum absolute atomic E-state index is 13.0. The lowest BCUT2D eigenvalue weighted by atomic mass is 9.85. The van der Waals surface area contributed by atoms with Crippen LogP contribution < -0.4 is 11.1 Å². The van der Waals surface area contributed by atoms with Crippen LogP contribution in [0.5, 0.6) is 0 Å². The molecule has 0 fully saturated rings. The minimum absolute atomic E-state index is 0.0275. The SMILES string of the molecule is COCCOCCNC(=O)[C@@H](N(CSc1cccs1)C(=O)CCC(N)=O)C(C)(C)C. The van der Waals surface area contributed by atoms with Gasteiger partial charge in [0, 0.05) is 26.5 Å². The van der Waals surface area contributed by atoms with E-state index >= 15 is 0 Å². The lowest BCUT2D eigenvalue weighted by Gasteiger charge is -2.39. The van der Waals surface area contributed by atoms with Crippen molar-refractivity contribution in [2.24, 2.45) is 11.1 Å². The Hall–Kier alpha value is -1.62. The van der Waals surface area contributed by atoms with Gasteiger partial charge in [0.05, 0.1) is 29.9 Å². The third-order valence-electron chi connectivity index (χ3n) is 4.10. The number of thioether (sulfide) groups is 1. The summed E-state index contributed by atoms with van der Waals surface area (Å²) >= 11 is 3.06. The van der Waals surface area contributed by atoms with Gasteiger partial charge < -0.3 is 25.4 Å². The van der Waals surface area contributed by atoms with Crippen molar-refractivity contribution in [3.05, 3.63) is 17.5 Å². The zero-order valence-corrected chi connectivity index (χ0v) is 19.8. The Kier molecular flexibility index (Phi) is 12.0. The smallest absolute Gasteiger partial charge is 0.243 e. The Bertz CT molecular complexity index is 662. The molecule has 1 atom stereocenters. The number of nitrogens with one attached hydrogen (secondary N) is 1. The normalized spacial score (nSPS) is 12.4. The number of rotatable bonds is 14. The summed E-state index contributed by atoms with van der Waals surface area (Å²) in [5.41, 5.74) is 4.70. The van der Waals surface area contributed by atoms with Crippen LogP contribution in [-0.2, 0) is 23.9 Å². The molecule has 170 valence electrons. The highest BCUT2D eigenvalue weighted by atomic mass is 32.2. The Morgan fingerprint density at radius 1 is 1.23 bits per heavy atom. The fraction of sp³-hybridized carbons (Fsp3) is 0.650. The molecule has 1 aromatic heterocycles. The minimum Gasteiger partial charge on any atom is -0.382 e. The van der Waals surface area contributed by atoms with E-state index in [1.807, 2.05) is 38.3 Å². The number of carbonyl (C=O) groups is 3. The van der Waals surface area contributed by atoms with Gasteiger partial charge >= 0.3 is 0 Å². The molecule has 0 spiro atoms. The monoisotopic (exact) mass is 459 g/mol. The van der Waals surface area contributed by atoms with E-state index in [0.717, 1.165) is 4.21 Å². The summed E-state index contributed by atoms with van der Waals surface area (Å²) in [4.78, 5) is 38.7. The van der Waals surface area contributed by atoms with Crippen molar-refractivity contribution in [1.29, 1.82) is 0 Å². The number of primary amides is 1. The number of hydrogen-bond donors (Lipinski definition) is 2. The summed E-state index contributed by atoms with van der Waals surface area (Å²) in [6, 6.07) is 3.19. The maximum atomic E-state index is 13.0. The number of thiophene rings is 1. The van der Waals surface area contributed by atoms with Crippen molar-refractivity contribution in [3.8, 4) is 0 Å². The first-order chi connectivity index (χ1) is 14.2. The number of nitrogens with two attached hydrogens (primary N) is 1. The largest absolute Gasteiger partial charge is 0.382 e. The summed E-state index contributed by atoms with van der Waals surface area (Å²) in [6.45, 7) is 7.36. The molecule has 0 aliphatic carbocycles. The van der Waals surface area contributed by atoms with Crippen LogP contribution in [0.4, 0.5) is 0 Å². The summed E-state index contributed by atoms with van der Waals surface area (Å²) in [5.74, 6) is -0.766. The van der Waals surface area contributed by atoms with E-state index in [4.69, 9.17) is 15.2 Å². The summed E-state index contributed by atoms with van der Waals surface area (Å²) in [7, 11) is 1.59. The van der Waals surface area contributed by atoms with Gasteiger partial charge in [-0.3, -0.25) is 14.4 Å². The standard InChI is InChI=1S/C20H33N3O5S2/c1-20(2,3)18(19(26)22-9-10-28-12-11-27-4)23(16(25)8-7-15(21)24)14-30-17-6-5-13-29-17/h5-6,13,18H,7-12,14H2,1-4H3,(H2,21,24)(H,22,26)/t18-/m1/s1. The van der Waals surface area contributed by atoms with E-state index in [0.29, 0.717) is 32.2 Å². The third-order valence-corrected chi connectivity index (χ3v) is 6.24. The second-order valence-corrected chi connectivity index (χ2v) is 9.89. The predicted molar refractivity (Wildman–Crippen MR) is 119 cm³/mol. The lowest BCUT2D eigenvalue weighted by Crippen LogP contribution is -2.56. The van der Waals surface area contributed by atoms with Gasteiger partial charge in [-0.1, -0.05) is 38.6 Å². The van der Waals surface area contributed by atoms with Crippen molar-refractivity contribution in [2.45, 2.75) is 43.9 Å². The minimum atomic E-state index is -0.704. The topological polar surface area (TPSA) is 111 Å². The first kappa shape index (κ1) is 26.4.